The van der Waals surface area contributed by atoms with Gasteiger partial charge in [0.05, 0.1) is 6.61 Å². The Labute approximate surface area is 92.6 Å². The molecule has 0 saturated carbocycles. The van der Waals surface area contributed by atoms with Crippen LogP contribution in [0, 0.1) is 6.92 Å². The van der Waals surface area contributed by atoms with Crippen LogP contribution in [0.15, 0.2) is 24.3 Å². The molecule has 2 heteroatoms. The SMILES string of the molecule is CCONC(C)CCc1cccc(C)c1. The van der Waals surface area contributed by atoms with Gasteiger partial charge in [0.15, 0.2) is 0 Å². The quantitative estimate of drug-likeness (QED) is 0.724. The third-order valence-corrected chi connectivity index (χ3v) is 2.38. The molecular weight excluding hydrogens is 186 g/mol. The second-order valence-electron chi connectivity index (χ2n) is 3.98. The maximum atomic E-state index is 5.16. The summed E-state index contributed by atoms with van der Waals surface area (Å²) in [4.78, 5) is 5.16. The summed E-state index contributed by atoms with van der Waals surface area (Å²) in [7, 11) is 0. The van der Waals surface area contributed by atoms with Gasteiger partial charge in [0.25, 0.3) is 0 Å². The summed E-state index contributed by atoms with van der Waals surface area (Å²) in [6, 6.07) is 9.08. The molecule has 0 saturated heterocycles. The molecule has 0 aliphatic heterocycles. The van der Waals surface area contributed by atoms with Crippen LogP contribution >= 0.6 is 0 Å². The molecule has 0 amide bonds. The molecule has 1 aromatic rings. The average Bonchev–Trinajstić information content (AvgIpc) is 2.23. The van der Waals surface area contributed by atoms with E-state index in [2.05, 4.69) is 43.6 Å². The van der Waals surface area contributed by atoms with Crippen LogP contribution < -0.4 is 5.48 Å². The number of nitrogens with one attached hydrogen (secondary N) is 1. The van der Waals surface area contributed by atoms with Crippen LogP contribution in [0.4, 0.5) is 0 Å². The predicted molar refractivity (Wildman–Crippen MR) is 63.7 cm³/mol. The maximum Gasteiger partial charge on any atom is 0.0654 e. The van der Waals surface area contributed by atoms with Crippen LogP contribution in [0.3, 0.4) is 0 Å². The van der Waals surface area contributed by atoms with Gasteiger partial charge in [-0.2, -0.15) is 5.48 Å². The lowest BCUT2D eigenvalue weighted by molar-refractivity contribution is 0.0270. The van der Waals surface area contributed by atoms with Crippen molar-refractivity contribution in [3.05, 3.63) is 35.4 Å². The fraction of sp³-hybridized carbons (Fsp3) is 0.538. The van der Waals surface area contributed by atoms with E-state index in [0.717, 1.165) is 19.4 Å². The van der Waals surface area contributed by atoms with E-state index in [1.54, 1.807) is 0 Å². The fourth-order valence-corrected chi connectivity index (χ4v) is 1.54. The molecule has 0 radical (unpaired) electrons. The van der Waals surface area contributed by atoms with Crippen molar-refractivity contribution in [1.82, 2.24) is 5.48 Å². The highest BCUT2D eigenvalue weighted by Gasteiger charge is 2.01. The molecule has 1 N–H and O–H groups in total. The van der Waals surface area contributed by atoms with Crippen molar-refractivity contribution >= 4 is 0 Å². The summed E-state index contributed by atoms with van der Waals surface area (Å²) in [5.41, 5.74) is 5.75. The standard InChI is InChI=1S/C13H21NO/c1-4-15-14-12(3)8-9-13-7-5-6-11(2)10-13/h5-7,10,12,14H,4,8-9H2,1-3H3. The maximum absolute atomic E-state index is 5.16. The minimum atomic E-state index is 0.408. The molecule has 2 nitrogen and oxygen atoms in total. The van der Waals surface area contributed by atoms with Crippen LogP contribution in [0.2, 0.25) is 0 Å². The summed E-state index contributed by atoms with van der Waals surface area (Å²) in [6.45, 7) is 6.98. The number of hydrogen-bond donors (Lipinski definition) is 1. The van der Waals surface area contributed by atoms with Crippen molar-refractivity contribution in [1.29, 1.82) is 0 Å². The number of hydrogen-bond acceptors (Lipinski definition) is 2. The summed E-state index contributed by atoms with van der Waals surface area (Å²) in [5.74, 6) is 0. The highest BCUT2D eigenvalue weighted by Crippen LogP contribution is 2.07. The third-order valence-electron chi connectivity index (χ3n) is 2.38. The van der Waals surface area contributed by atoms with E-state index in [0.29, 0.717) is 6.04 Å². The van der Waals surface area contributed by atoms with Gasteiger partial charge in [-0.05, 0) is 39.2 Å². The number of hydroxylamine groups is 1. The van der Waals surface area contributed by atoms with Crippen molar-refractivity contribution in [2.75, 3.05) is 6.61 Å². The van der Waals surface area contributed by atoms with E-state index in [1.165, 1.54) is 11.1 Å². The molecule has 0 spiro atoms. The van der Waals surface area contributed by atoms with Gasteiger partial charge in [-0.1, -0.05) is 29.8 Å². The molecule has 1 atom stereocenters. The van der Waals surface area contributed by atoms with Gasteiger partial charge in [0.2, 0.25) is 0 Å². The van der Waals surface area contributed by atoms with E-state index in [-0.39, 0.29) is 0 Å². The highest BCUT2D eigenvalue weighted by molar-refractivity contribution is 5.22. The van der Waals surface area contributed by atoms with Gasteiger partial charge in [-0.15, -0.1) is 0 Å². The van der Waals surface area contributed by atoms with E-state index < -0.39 is 0 Å². The zero-order chi connectivity index (χ0) is 11.1. The van der Waals surface area contributed by atoms with Crippen LogP contribution in [0.5, 0.6) is 0 Å². The first-order valence-corrected chi connectivity index (χ1v) is 5.65. The summed E-state index contributed by atoms with van der Waals surface area (Å²) >= 11 is 0. The Kier molecular flexibility index (Phi) is 5.37. The van der Waals surface area contributed by atoms with E-state index >= 15 is 0 Å². The minimum absolute atomic E-state index is 0.408. The lowest BCUT2D eigenvalue weighted by Crippen LogP contribution is -2.26. The summed E-state index contributed by atoms with van der Waals surface area (Å²) in [6.07, 6.45) is 2.20. The van der Waals surface area contributed by atoms with Gasteiger partial charge in [0, 0.05) is 6.04 Å². The van der Waals surface area contributed by atoms with E-state index in [9.17, 15) is 0 Å². The van der Waals surface area contributed by atoms with Crippen LogP contribution in [-0.2, 0) is 11.3 Å². The Balaban J connectivity index is 2.30. The van der Waals surface area contributed by atoms with Crippen molar-refractivity contribution < 1.29 is 4.84 Å². The smallest absolute Gasteiger partial charge is 0.0654 e. The Morgan fingerprint density at radius 1 is 1.40 bits per heavy atom. The predicted octanol–water partition coefficient (Wildman–Crippen LogP) is 2.86. The lowest BCUT2D eigenvalue weighted by Gasteiger charge is -2.12. The van der Waals surface area contributed by atoms with Gasteiger partial charge >= 0.3 is 0 Å². The number of benzene rings is 1. The summed E-state index contributed by atoms with van der Waals surface area (Å²) < 4.78 is 0. The second-order valence-corrected chi connectivity index (χ2v) is 3.98. The first-order chi connectivity index (χ1) is 7.22. The monoisotopic (exact) mass is 207 g/mol. The Hall–Kier alpha value is -0.860. The number of aryl methyl sites for hydroxylation is 2. The zero-order valence-electron chi connectivity index (χ0n) is 9.92. The lowest BCUT2D eigenvalue weighted by atomic mass is 10.0. The fourth-order valence-electron chi connectivity index (χ4n) is 1.54. The highest BCUT2D eigenvalue weighted by atomic mass is 16.6. The van der Waals surface area contributed by atoms with Gasteiger partial charge in [-0.3, -0.25) is 0 Å². The Morgan fingerprint density at radius 2 is 2.20 bits per heavy atom. The topological polar surface area (TPSA) is 21.3 Å². The average molecular weight is 207 g/mol. The van der Waals surface area contributed by atoms with Gasteiger partial charge in [0.1, 0.15) is 0 Å². The molecule has 1 unspecified atom stereocenters. The third kappa shape index (κ3) is 4.96. The molecule has 0 heterocycles. The van der Waals surface area contributed by atoms with Gasteiger partial charge in [-0.25, -0.2) is 0 Å². The Bertz CT molecular complexity index is 286. The molecule has 0 aliphatic carbocycles. The molecule has 0 bridgehead atoms. The van der Waals surface area contributed by atoms with E-state index in [1.807, 2.05) is 6.92 Å². The van der Waals surface area contributed by atoms with Crippen LogP contribution in [0.25, 0.3) is 0 Å². The summed E-state index contributed by atoms with van der Waals surface area (Å²) in [5, 5.41) is 0. The minimum Gasteiger partial charge on any atom is -0.302 e. The molecule has 15 heavy (non-hydrogen) atoms. The first-order valence-electron chi connectivity index (χ1n) is 5.65. The normalized spacial score (nSPS) is 12.7. The first kappa shape index (κ1) is 12.2. The molecule has 84 valence electrons. The molecule has 0 aromatic heterocycles. The second kappa shape index (κ2) is 6.59. The molecule has 1 aromatic carbocycles. The zero-order valence-corrected chi connectivity index (χ0v) is 9.92. The largest absolute Gasteiger partial charge is 0.302 e. The molecule has 1 rings (SSSR count). The van der Waals surface area contributed by atoms with Gasteiger partial charge < -0.3 is 4.84 Å². The van der Waals surface area contributed by atoms with Crippen molar-refractivity contribution in [3.8, 4) is 0 Å². The van der Waals surface area contributed by atoms with Crippen molar-refractivity contribution in [2.45, 2.75) is 39.7 Å². The molecule has 0 fully saturated rings. The molecule has 0 aliphatic rings. The van der Waals surface area contributed by atoms with Crippen LogP contribution in [0.1, 0.15) is 31.4 Å². The van der Waals surface area contributed by atoms with Crippen LogP contribution in [-0.4, -0.2) is 12.6 Å². The molecular formula is C13H21NO. The van der Waals surface area contributed by atoms with Crippen molar-refractivity contribution in [3.63, 3.8) is 0 Å². The van der Waals surface area contributed by atoms with Crippen molar-refractivity contribution in [2.24, 2.45) is 0 Å². The number of rotatable bonds is 6. The Morgan fingerprint density at radius 3 is 2.87 bits per heavy atom. The van der Waals surface area contributed by atoms with E-state index in [4.69, 9.17) is 4.84 Å².